The second kappa shape index (κ2) is 4.47. The summed E-state index contributed by atoms with van der Waals surface area (Å²) in [5.41, 5.74) is -0.689. The van der Waals surface area contributed by atoms with Crippen molar-refractivity contribution >= 4 is 5.97 Å². The van der Waals surface area contributed by atoms with Crippen molar-refractivity contribution in [1.82, 2.24) is 4.98 Å². The van der Waals surface area contributed by atoms with Gasteiger partial charge in [0.05, 0.1) is 25.4 Å². The van der Waals surface area contributed by atoms with Crippen molar-refractivity contribution in [3.8, 4) is 5.88 Å². The number of aromatic nitrogens is 1. The lowest BCUT2D eigenvalue weighted by Gasteiger charge is -2.37. The standard InChI is InChI=1S/C13H15NO5/c15-12(16)10-4-3-9(13(17)6-18-7-13)11(14-10)19-5-8-1-2-8/h3-4,8,17H,1-2,5-7H2,(H,15,16). The van der Waals surface area contributed by atoms with Gasteiger partial charge in [-0.3, -0.25) is 0 Å². The fourth-order valence-corrected chi connectivity index (χ4v) is 1.96. The molecule has 1 saturated heterocycles. The number of rotatable bonds is 5. The maximum Gasteiger partial charge on any atom is 0.354 e. The molecule has 1 aliphatic heterocycles. The SMILES string of the molecule is O=C(O)c1ccc(C2(O)COC2)c(OCC2CC2)n1. The zero-order chi connectivity index (χ0) is 13.5. The zero-order valence-corrected chi connectivity index (χ0v) is 10.3. The first-order valence-corrected chi connectivity index (χ1v) is 6.26. The Morgan fingerprint density at radius 3 is 2.74 bits per heavy atom. The van der Waals surface area contributed by atoms with Crippen LogP contribution in [0.4, 0.5) is 0 Å². The number of hydrogen-bond donors (Lipinski definition) is 2. The second-order valence-corrected chi connectivity index (χ2v) is 5.13. The molecule has 1 aromatic heterocycles. The van der Waals surface area contributed by atoms with Crippen LogP contribution in [0.15, 0.2) is 12.1 Å². The van der Waals surface area contributed by atoms with E-state index in [4.69, 9.17) is 14.6 Å². The molecular formula is C13H15NO5. The van der Waals surface area contributed by atoms with E-state index in [1.165, 1.54) is 6.07 Å². The zero-order valence-electron chi connectivity index (χ0n) is 10.3. The summed E-state index contributed by atoms with van der Waals surface area (Å²) in [6.45, 7) is 0.877. The molecule has 0 spiro atoms. The molecule has 2 aliphatic rings. The number of aliphatic hydroxyl groups is 1. The fourth-order valence-electron chi connectivity index (χ4n) is 1.96. The van der Waals surface area contributed by atoms with Gasteiger partial charge >= 0.3 is 5.97 Å². The first-order valence-electron chi connectivity index (χ1n) is 6.26. The Kier molecular flexibility index (Phi) is 2.91. The molecular weight excluding hydrogens is 250 g/mol. The van der Waals surface area contributed by atoms with Crippen LogP contribution in [0.25, 0.3) is 0 Å². The van der Waals surface area contributed by atoms with Gasteiger partial charge < -0.3 is 19.7 Å². The number of aromatic carboxylic acids is 1. The van der Waals surface area contributed by atoms with Crippen molar-refractivity contribution in [3.63, 3.8) is 0 Å². The van der Waals surface area contributed by atoms with Gasteiger partial charge in [-0.1, -0.05) is 0 Å². The number of carboxylic acids is 1. The highest BCUT2D eigenvalue weighted by molar-refractivity contribution is 5.85. The predicted octanol–water partition coefficient (Wildman–Crippen LogP) is 0.786. The number of nitrogens with zero attached hydrogens (tertiary/aromatic N) is 1. The van der Waals surface area contributed by atoms with E-state index in [0.717, 1.165) is 12.8 Å². The maximum atomic E-state index is 10.9. The average molecular weight is 265 g/mol. The number of ether oxygens (including phenoxy) is 2. The van der Waals surface area contributed by atoms with Crippen molar-refractivity contribution in [1.29, 1.82) is 0 Å². The molecule has 1 aliphatic carbocycles. The molecule has 102 valence electrons. The van der Waals surface area contributed by atoms with Gasteiger partial charge in [0.15, 0.2) is 5.69 Å². The van der Waals surface area contributed by atoms with Crippen LogP contribution in [0.5, 0.6) is 5.88 Å². The molecule has 2 N–H and O–H groups in total. The lowest BCUT2D eigenvalue weighted by atomic mass is 9.93. The molecule has 2 fully saturated rings. The molecule has 0 aromatic carbocycles. The summed E-state index contributed by atoms with van der Waals surface area (Å²) in [5, 5.41) is 19.2. The molecule has 1 saturated carbocycles. The van der Waals surface area contributed by atoms with Crippen LogP contribution < -0.4 is 4.74 Å². The van der Waals surface area contributed by atoms with E-state index >= 15 is 0 Å². The van der Waals surface area contributed by atoms with E-state index in [1.807, 2.05) is 0 Å². The highest BCUT2D eigenvalue weighted by atomic mass is 16.5. The van der Waals surface area contributed by atoms with Gasteiger partial charge in [0.2, 0.25) is 5.88 Å². The molecule has 19 heavy (non-hydrogen) atoms. The van der Waals surface area contributed by atoms with Crippen molar-refractivity contribution in [3.05, 3.63) is 23.4 Å². The Morgan fingerprint density at radius 1 is 1.47 bits per heavy atom. The van der Waals surface area contributed by atoms with Crippen LogP contribution in [-0.2, 0) is 10.3 Å². The molecule has 6 nitrogen and oxygen atoms in total. The van der Waals surface area contributed by atoms with E-state index in [0.29, 0.717) is 18.1 Å². The van der Waals surface area contributed by atoms with Crippen molar-refractivity contribution < 1.29 is 24.5 Å². The summed E-state index contributed by atoms with van der Waals surface area (Å²) in [7, 11) is 0. The number of carboxylic acid groups (broad SMARTS) is 1. The number of pyridine rings is 1. The summed E-state index contributed by atoms with van der Waals surface area (Å²) in [6, 6.07) is 2.93. The third kappa shape index (κ3) is 2.41. The minimum Gasteiger partial charge on any atom is -0.477 e. The molecule has 0 bridgehead atoms. The Bertz CT molecular complexity index is 508. The van der Waals surface area contributed by atoms with E-state index in [-0.39, 0.29) is 24.8 Å². The summed E-state index contributed by atoms with van der Waals surface area (Å²) < 4.78 is 10.6. The van der Waals surface area contributed by atoms with Gasteiger partial charge in [0.25, 0.3) is 0 Å². The van der Waals surface area contributed by atoms with E-state index < -0.39 is 11.6 Å². The smallest absolute Gasteiger partial charge is 0.354 e. The third-order valence-corrected chi connectivity index (χ3v) is 3.42. The van der Waals surface area contributed by atoms with E-state index in [9.17, 15) is 9.90 Å². The molecule has 6 heteroatoms. The monoisotopic (exact) mass is 265 g/mol. The number of carbonyl (C=O) groups is 1. The van der Waals surface area contributed by atoms with Crippen molar-refractivity contribution in [2.45, 2.75) is 18.4 Å². The van der Waals surface area contributed by atoms with Gasteiger partial charge in [0.1, 0.15) is 5.60 Å². The van der Waals surface area contributed by atoms with Crippen LogP contribution in [0.3, 0.4) is 0 Å². The third-order valence-electron chi connectivity index (χ3n) is 3.42. The first kappa shape index (κ1) is 12.4. The van der Waals surface area contributed by atoms with Crippen LogP contribution >= 0.6 is 0 Å². The van der Waals surface area contributed by atoms with E-state index in [2.05, 4.69) is 4.98 Å². The minimum absolute atomic E-state index is 0.0848. The normalized spacial score (nSPS) is 20.7. The Labute approximate surface area is 110 Å². The lowest BCUT2D eigenvalue weighted by Crippen LogP contribution is -2.47. The minimum atomic E-state index is -1.11. The second-order valence-electron chi connectivity index (χ2n) is 5.13. The lowest BCUT2D eigenvalue weighted by molar-refractivity contribution is -0.185. The van der Waals surface area contributed by atoms with Gasteiger partial charge in [0, 0.05) is 0 Å². The summed E-state index contributed by atoms with van der Waals surface area (Å²) in [6.07, 6.45) is 2.25. The molecule has 0 atom stereocenters. The molecule has 0 amide bonds. The average Bonchev–Trinajstić information content (AvgIpc) is 3.17. The fraction of sp³-hybridized carbons (Fsp3) is 0.538. The summed E-state index contributed by atoms with van der Waals surface area (Å²) in [4.78, 5) is 14.9. The van der Waals surface area contributed by atoms with Gasteiger partial charge in [-0.15, -0.1) is 0 Å². The maximum absolute atomic E-state index is 10.9. The van der Waals surface area contributed by atoms with E-state index in [1.54, 1.807) is 6.07 Å². The Morgan fingerprint density at radius 2 is 2.21 bits per heavy atom. The van der Waals surface area contributed by atoms with Crippen LogP contribution in [0.2, 0.25) is 0 Å². The molecule has 1 aromatic rings. The van der Waals surface area contributed by atoms with Crippen LogP contribution in [0, 0.1) is 5.92 Å². The predicted molar refractivity (Wildman–Crippen MR) is 64.1 cm³/mol. The topological polar surface area (TPSA) is 88.9 Å². The Hall–Kier alpha value is -1.66. The van der Waals surface area contributed by atoms with Gasteiger partial charge in [-0.05, 0) is 30.9 Å². The highest BCUT2D eigenvalue weighted by Gasteiger charge is 2.41. The largest absolute Gasteiger partial charge is 0.477 e. The molecule has 2 heterocycles. The molecule has 0 radical (unpaired) electrons. The van der Waals surface area contributed by atoms with Crippen LogP contribution in [-0.4, -0.2) is 41.0 Å². The van der Waals surface area contributed by atoms with Gasteiger partial charge in [-0.25, -0.2) is 9.78 Å². The molecule has 0 unspecified atom stereocenters. The number of hydrogen-bond acceptors (Lipinski definition) is 5. The summed E-state index contributed by atoms with van der Waals surface area (Å²) in [5.74, 6) is -0.382. The van der Waals surface area contributed by atoms with Crippen molar-refractivity contribution in [2.24, 2.45) is 5.92 Å². The summed E-state index contributed by atoms with van der Waals surface area (Å²) >= 11 is 0. The quantitative estimate of drug-likeness (QED) is 0.818. The first-order chi connectivity index (χ1) is 9.08. The molecule has 3 rings (SSSR count). The Balaban J connectivity index is 1.89. The van der Waals surface area contributed by atoms with Crippen LogP contribution in [0.1, 0.15) is 28.9 Å². The highest BCUT2D eigenvalue weighted by Crippen LogP contribution is 2.36. The van der Waals surface area contributed by atoms with Gasteiger partial charge in [-0.2, -0.15) is 0 Å². The van der Waals surface area contributed by atoms with Crippen molar-refractivity contribution in [2.75, 3.05) is 19.8 Å².